The van der Waals surface area contributed by atoms with Gasteiger partial charge in [-0.05, 0) is 24.0 Å². The lowest BCUT2D eigenvalue weighted by molar-refractivity contribution is -0.123. The van der Waals surface area contributed by atoms with Crippen LogP contribution in [0.5, 0.6) is 0 Å². The summed E-state index contributed by atoms with van der Waals surface area (Å²) in [6.07, 6.45) is 2.88. The first-order valence-electron chi connectivity index (χ1n) is 6.96. The third-order valence-electron chi connectivity index (χ3n) is 2.95. The second kappa shape index (κ2) is 10.2. The minimum Gasteiger partial charge on any atom is -0.354 e. The standard InChI is InChI=1S/C15H23N3O2S/c1-21-10-8-13(16)15(20)17-9-7-14(19)18-11-12-5-3-2-4-6-12/h2-6,13H,7-11,16H2,1H3,(H,17,20)(H,18,19)/t13-/m0/s1. The largest absolute Gasteiger partial charge is 0.354 e. The molecule has 21 heavy (non-hydrogen) atoms. The van der Waals surface area contributed by atoms with Gasteiger partial charge in [0.05, 0.1) is 6.04 Å². The number of amides is 2. The average molecular weight is 309 g/mol. The molecule has 0 radical (unpaired) electrons. The minimum absolute atomic E-state index is 0.0863. The third kappa shape index (κ3) is 7.72. The van der Waals surface area contributed by atoms with E-state index in [0.29, 0.717) is 19.5 Å². The zero-order chi connectivity index (χ0) is 15.5. The van der Waals surface area contributed by atoms with Crippen LogP contribution in [0.3, 0.4) is 0 Å². The maximum Gasteiger partial charge on any atom is 0.236 e. The molecule has 2 amide bonds. The zero-order valence-electron chi connectivity index (χ0n) is 12.3. The molecule has 1 aromatic rings. The summed E-state index contributed by atoms with van der Waals surface area (Å²) < 4.78 is 0. The number of nitrogens with two attached hydrogens (primary N) is 1. The van der Waals surface area contributed by atoms with E-state index < -0.39 is 6.04 Å². The summed E-state index contributed by atoms with van der Waals surface area (Å²) in [5.74, 6) is 0.573. The van der Waals surface area contributed by atoms with E-state index in [1.54, 1.807) is 11.8 Å². The summed E-state index contributed by atoms with van der Waals surface area (Å²) in [5, 5.41) is 5.50. The van der Waals surface area contributed by atoms with Gasteiger partial charge >= 0.3 is 0 Å². The van der Waals surface area contributed by atoms with E-state index in [9.17, 15) is 9.59 Å². The number of rotatable bonds is 9. The molecule has 0 spiro atoms. The van der Waals surface area contributed by atoms with Gasteiger partial charge in [-0.15, -0.1) is 0 Å². The molecule has 0 unspecified atom stereocenters. The van der Waals surface area contributed by atoms with Gasteiger partial charge in [0.1, 0.15) is 0 Å². The molecule has 0 aliphatic heterocycles. The van der Waals surface area contributed by atoms with Crippen molar-refractivity contribution < 1.29 is 9.59 Å². The van der Waals surface area contributed by atoms with Crippen molar-refractivity contribution in [3.05, 3.63) is 35.9 Å². The molecule has 4 N–H and O–H groups in total. The molecular formula is C15H23N3O2S. The van der Waals surface area contributed by atoms with E-state index in [4.69, 9.17) is 5.73 Å². The van der Waals surface area contributed by atoms with Crippen LogP contribution in [0.1, 0.15) is 18.4 Å². The molecule has 0 saturated carbocycles. The number of hydrogen-bond donors (Lipinski definition) is 3. The molecular weight excluding hydrogens is 286 g/mol. The fourth-order valence-corrected chi connectivity index (χ4v) is 2.18. The fraction of sp³-hybridized carbons (Fsp3) is 0.467. The van der Waals surface area contributed by atoms with Gasteiger partial charge in [-0.1, -0.05) is 30.3 Å². The van der Waals surface area contributed by atoms with Crippen LogP contribution in [-0.2, 0) is 16.1 Å². The molecule has 0 heterocycles. The molecule has 1 rings (SSSR count). The van der Waals surface area contributed by atoms with Crippen LogP contribution >= 0.6 is 11.8 Å². The van der Waals surface area contributed by atoms with E-state index in [2.05, 4.69) is 10.6 Å². The molecule has 0 aliphatic rings. The lowest BCUT2D eigenvalue weighted by Crippen LogP contribution is -2.42. The van der Waals surface area contributed by atoms with Crippen molar-refractivity contribution in [2.24, 2.45) is 5.73 Å². The van der Waals surface area contributed by atoms with Crippen molar-refractivity contribution in [2.45, 2.75) is 25.4 Å². The van der Waals surface area contributed by atoms with Gasteiger partial charge < -0.3 is 16.4 Å². The van der Waals surface area contributed by atoms with E-state index >= 15 is 0 Å². The first-order chi connectivity index (χ1) is 10.1. The summed E-state index contributed by atoms with van der Waals surface area (Å²) in [4.78, 5) is 23.3. The van der Waals surface area contributed by atoms with Crippen LogP contribution < -0.4 is 16.4 Å². The molecule has 0 saturated heterocycles. The van der Waals surface area contributed by atoms with Gasteiger partial charge in [0, 0.05) is 19.5 Å². The number of carbonyl (C=O) groups is 2. The Labute approximate surface area is 130 Å². The highest BCUT2D eigenvalue weighted by molar-refractivity contribution is 7.98. The molecule has 1 atom stereocenters. The summed E-state index contributed by atoms with van der Waals surface area (Å²) in [6.45, 7) is 0.813. The second-order valence-electron chi connectivity index (χ2n) is 4.69. The Morgan fingerprint density at radius 2 is 1.95 bits per heavy atom. The van der Waals surface area contributed by atoms with E-state index in [-0.39, 0.29) is 18.2 Å². The van der Waals surface area contributed by atoms with Crippen molar-refractivity contribution >= 4 is 23.6 Å². The van der Waals surface area contributed by atoms with Crippen molar-refractivity contribution in [3.63, 3.8) is 0 Å². The van der Waals surface area contributed by atoms with Gasteiger partial charge in [0.2, 0.25) is 11.8 Å². The van der Waals surface area contributed by atoms with Crippen molar-refractivity contribution in [2.75, 3.05) is 18.6 Å². The van der Waals surface area contributed by atoms with E-state index in [0.717, 1.165) is 11.3 Å². The van der Waals surface area contributed by atoms with E-state index in [1.807, 2.05) is 36.6 Å². The maximum atomic E-state index is 11.6. The summed E-state index contributed by atoms with van der Waals surface area (Å²) in [5.41, 5.74) is 6.78. The Kier molecular flexibility index (Phi) is 8.54. The number of carbonyl (C=O) groups excluding carboxylic acids is 2. The quantitative estimate of drug-likeness (QED) is 0.632. The third-order valence-corrected chi connectivity index (χ3v) is 3.60. The van der Waals surface area contributed by atoms with Crippen LogP contribution in [0.4, 0.5) is 0 Å². The first-order valence-corrected chi connectivity index (χ1v) is 8.35. The highest BCUT2D eigenvalue weighted by Gasteiger charge is 2.12. The molecule has 0 aromatic heterocycles. The van der Waals surface area contributed by atoms with Crippen molar-refractivity contribution in [1.29, 1.82) is 0 Å². The summed E-state index contributed by atoms with van der Waals surface area (Å²) in [7, 11) is 0. The SMILES string of the molecule is CSCC[C@H](N)C(=O)NCCC(=O)NCc1ccccc1. The van der Waals surface area contributed by atoms with Crippen LogP contribution in [0, 0.1) is 0 Å². The predicted octanol–water partition coefficient (Wildman–Crippen LogP) is 0.890. The Morgan fingerprint density at radius 1 is 1.24 bits per heavy atom. The molecule has 1 aromatic carbocycles. The Bertz CT molecular complexity index is 440. The van der Waals surface area contributed by atoms with Crippen LogP contribution in [0.15, 0.2) is 30.3 Å². The van der Waals surface area contributed by atoms with Gasteiger partial charge in [0.25, 0.3) is 0 Å². The highest BCUT2D eigenvalue weighted by Crippen LogP contribution is 1.99. The topological polar surface area (TPSA) is 84.2 Å². The van der Waals surface area contributed by atoms with Gasteiger partial charge in [0.15, 0.2) is 0 Å². The number of hydrogen-bond acceptors (Lipinski definition) is 4. The average Bonchev–Trinajstić information content (AvgIpc) is 2.51. The van der Waals surface area contributed by atoms with Crippen molar-refractivity contribution in [1.82, 2.24) is 10.6 Å². The molecule has 116 valence electrons. The van der Waals surface area contributed by atoms with Crippen molar-refractivity contribution in [3.8, 4) is 0 Å². The number of thioether (sulfide) groups is 1. The molecule has 6 heteroatoms. The number of benzene rings is 1. The van der Waals surface area contributed by atoms with Gasteiger partial charge in [-0.3, -0.25) is 9.59 Å². The lowest BCUT2D eigenvalue weighted by Gasteiger charge is -2.11. The number of nitrogens with one attached hydrogen (secondary N) is 2. The molecule has 0 bridgehead atoms. The summed E-state index contributed by atoms with van der Waals surface area (Å²) in [6, 6.07) is 9.20. The van der Waals surface area contributed by atoms with Crippen LogP contribution in [0.2, 0.25) is 0 Å². The highest BCUT2D eigenvalue weighted by atomic mass is 32.2. The molecule has 0 aliphatic carbocycles. The predicted molar refractivity (Wildman–Crippen MR) is 86.9 cm³/mol. The first kappa shape index (κ1) is 17.5. The summed E-state index contributed by atoms with van der Waals surface area (Å²) >= 11 is 1.66. The van der Waals surface area contributed by atoms with E-state index in [1.165, 1.54) is 0 Å². The normalized spacial score (nSPS) is 11.7. The monoisotopic (exact) mass is 309 g/mol. The fourth-order valence-electron chi connectivity index (χ4n) is 1.69. The van der Waals surface area contributed by atoms with Crippen LogP contribution in [-0.4, -0.2) is 36.4 Å². The minimum atomic E-state index is -0.496. The lowest BCUT2D eigenvalue weighted by atomic mass is 10.2. The van der Waals surface area contributed by atoms with Crippen LogP contribution in [0.25, 0.3) is 0 Å². The Hall–Kier alpha value is -1.53. The van der Waals surface area contributed by atoms with Gasteiger partial charge in [-0.2, -0.15) is 11.8 Å². The smallest absolute Gasteiger partial charge is 0.236 e. The van der Waals surface area contributed by atoms with Gasteiger partial charge in [-0.25, -0.2) is 0 Å². The Balaban J connectivity index is 2.14. The second-order valence-corrected chi connectivity index (χ2v) is 5.68. The molecule has 5 nitrogen and oxygen atoms in total. The molecule has 0 fully saturated rings. The Morgan fingerprint density at radius 3 is 2.62 bits per heavy atom. The zero-order valence-corrected chi connectivity index (χ0v) is 13.1. The maximum absolute atomic E-state index is 11.6.